The van der Waals surface area contributed by atoms with Crippen LogP contribution < -0.4 is 14.5 Å². The third kappa shape index (κ3) is 17.9. The summed E-state index contributed by atoms with van der Waals surface area (Å²) in [5.41, 5.74) is 17.5. The molecule has 0 aromatic heterocycles. The molecule has 2 amide bonds. The summed E-state index contributed by atoms with van der Waals surface area (Å²) >= 11 is 0. The summed E-state index contributed by atoms with van der Waals surface area (Å²) in [6.45, 7) is 62.7. The van der Waals surface area contributed by atoms with Crippen LogP contribution in [0.3, 0.4) is 0 Å². The maximum absolute atomic E-state index is 15.1. The van der Waals surface area contributed by atoms with E-state index in [0.29, 0.717) is 5.56 Å². The number of ether oxygens (including phenoxy) is 1. The zero-order chi connectivity index (χ0) is 64.6. The number of carbonyl (C=O) groups is 2. The first-order valence-corrected chi connectivity index (χ1v) is 32.4. The zero-order valence-electron chi connectivity index (χ0n) is 56.4. The number of piperidine rings is 2. The molecule has 0 saturated carbocycles. The molecule has 0 unspecified atom stereocenters. The Labute approximate surface area is 531 Å². The Kier molecular flexibility index (Phi) is 31.9. The van der Waals surface area contributed by atoms with Gasteiger partial charge in [0.1, 0.15) is 17.7 Å². The smallest absolute Gasteiger partial charge is 0.245 e. The van der Waals surface area contributed by atoms with E-state index in [1.54, 1.807) is 12.1 Å². The molecule has 10 rings (SSSR count). The number of fused-ring (bicyclic) bond motifs is 1. The molecule has 1 aliphatic carbocycles. The highest BCUT2D eigenvalue weighted by molar-refractivity contribution is 5.91. The van der Waals surface area contributed by atoms with Crippen LogP contribution >= 0.6 is 0 Å². The SMILES string of the molecule is C.C#Cc1c(N2CCC3(CC2)CN(C(=O)C=C)C3)ccc(OC2CCN(C)CC2)c1-c1c(C)ccc(C)c1CC(=C)CC.C=CC.C=CC(=O)N1CC2(CCN(c3ccc(F)c(-c4c(C)ccc5c4CC(=C)C5=C)c3)C2)C1.CC.CC.CC.CC.CC.[HH]. The third-order valence-corrected chi connectivity index (χ3v) is 17.1. The van der Waals surface area contributed by atoms with Crippen LogP contribution in [-0.4, -0.2) is 105 Å². The van der Waals surface area contributed by atoms with Crippen LogP contribution in [0.2, 0.25) is 0 Å². The molecule has 0 bridgehead atoms. The van der Waals surface area contributed by atoms with E-state index in [-0.39, 0.29) is 43.4 Å². The summed E-state index contributed by atoms with van der Waals surface area (Å²) in [5.74, 6) is 3.88. The number of likely N-dealkylation sites (tertiary alicyclic amines) is 3. The molecule has 5 aliphatic heterocycles. The Morgan fingerprint density at radius 3 is 1.75 bits per heavy atom. The van der Waals surface area contributed by atoms with Gasteiger partial charge in [0, 0.05) is 94.5 Å². The van der Waals surface area contributed by atoms with Gasteiger partial charge >= 0.3 is 0 Å². The average Bonchev–Trinajstić information content (AvgIpc) is 1.18. The van der Waals surface area contributed by atoms with Crippen LogP contribution in [0.15, 0.2) is 123 Å². The van der Waals surface area contributed by atoms with Gasteiger partial charge in [0.25, 0.3) is 0 Å². The Morgan fingerprint density at radius 1 is 0.701 bits per heavy atom. The first-order chi connectivity index (χ1) is 41.4. The van der Waals surface area contributed by atoms with Gasteiger partial charge in [0.15, 0.2) is 0 Å². The van der Waals surface area contributed by atoms with Gasteiger partial charge in [-0.3, -0.25) is 9.59 Å². The molecule has 8 nitrogen and oxygen atoms in total. The van der Waals surface area contributed by atoms with Gasteiger partial charge in [-0.05, 0) is 184 Å². The summed E-state index contributed by atoms with van der Waals surface area (Å²) in [7, 11) is 2.18. The zero-order valence-corrected chi connectivity index (χ0v) is 56.4. The van der Waals surface area contributed by atoms with Crippen molar-refractivity contribution in [2.45, 2.75) is 169 Å². The van der Waals surface area contributed by atoms with E-state index in [2.05, 4.69) is 124 Å². The Morgan fingerprint density at radius 2 is 1.21 bits per heavy atom. The third-order valence-electron chi connectivity index (χ3n) is 17.1. The lowest BCUT2D eigenvalue weighted by atomic mass is 9.71. The topological polar surface area (TPSA) is 59.6 Å². The molecular formula is C78H116FN5O3. The minimum atomic E-state index is -0.205. The monoisotopic (exact) mass is 1190 g/mol. The second-order valence-electron chi connectivity index (χ2n) is 22.5. The quantitative estimate of drug-likeness (QED) is 0.0847. The van der Waals surface area contributed by atoms with Crippen molar-refractivity contribution in [2.24, 2.45) is 10.8 Å². The normalized spacial score (nSPS) is 16.4. The highest BCUT2D eigenvalue weighted by Gasteiger charge is 2.49. The van der Waals surface area contributed by atoms with Gasteiger partial charge < -0.3 is 29.2 Å². The van der Waals surface area contributed by atoms with Crippen LogP contribution in [-0.2, 0) is 22.4 Å². The Hall–Kier alpha value is -6.89. The van der Waals surface area contributed by atoms with Crippen molar-refractivity contribution < 1.29 is 20.1 Å². The second-order valence-corrected chi connectivity index (χ2v) is 22.5. The minimum absolute atomic E-state index is 0. The van der Waals surface area contributed by atoms with Crippen LogP contribution in [0.1, 0.15) is 169 Å². The van der Waals surface area contributed by atoms with Crippen LogP contribution in [0.4, 0.5) is 15.8 Å². The second kappa shape index (κ2) is 36.4. The van der Waals surface area contributed by atoms with Crippen molar-refractivity contribution in [3.8, 4) is 40.3 Å². The first-order valence-electron chi connectivity index (χ1n) is 32.4. The molecule has 5 saturated heterocycles. The molecule has 0 atom stereocenters. The number of carbonyl (C=O) groups excluding carboxylic acids is 2. The van der Waals surface area contributed by atoms with E-state index in [1.807, 2.05) is 105 Å². The number of rotatable bonds is 11. The summed E-state index contributed by atoms with van der Waals surface area (Å²) in [5, 5.41) is 0. The van der Waals surface area contributed by atoms with Crippen molar-refractivity contribution in [1.29, 1.82) is 0 Å². The molecule has 4 aromatic rings. The van der Waals surface area contributed by atoms with Crippen molar-refractivity contribution in [2.75, 3.05) is 82.3 Å². The number of hydrogen-bond donors (Lipinski definition) is 0. The fourth-order valence-electron chi connectivity index (χ4n) is 12.5. The number of benzene rings is 4. The molecular weight excluding hydrogens is 1070 g/mol. The maximum Gasteiger partial charge on any atom is 0.245 e. The van der Waals surface area contributed by atoms with E-state index >= 15 is 4.39 Å². The standard InChI is InChI=1S/C37H47N3O2.C27H27FN2O.C3H6.5C2H6.CH4.H2/c1-8-26(4)23-31-27(5)11-12-28(6)35(31)36-30(9-2)32(13-14-33(36)42-29-15-19-38(7)20-16-29)39-21-17-37(18-22-39)24-40(25-37)34(41)10-3;1-5-25(31)30-15-27(16-30)10-11-29(14-27)20-7-9-24(28)23(13-20)26-17(2)6-8-21-19(4)18(3)12-22(21)26;1-3-2;5*1-2;;/h2,10-14,29H,3-4,8,15-25H2,1,5-7H3;5-9,13H,1,3-4,10-12,14-16H2,2H3;3H,1H2,2H3;5*1-2H3;1H4;1H. The van der Waals surface area contributed by atoms with Crippen LogP contribution in [0.25, 0.3) is 27.8 Å². The summed E-state index contributed by atoms with van der Waals surface area (Å²) in [6.07, 6.45) is 18.8. The van der Waals surface area contributed by atoms with Gasteiger partial charge in [0.2, 0.25) is 11.8 Å². The molecule has 2 spiro atoms. The van der Waals surface area contributed by atoms with Crippen molar-refractivity contribution in [3.05, 3.63) is 168 Å². The molecule has 87 heavy (non-hydrogen) atoms. The molecule has 6 aliphatic rings. The summed E-state index contributed by atoms with van der Waals surface area (Å²) in [6, 6.07) is 18.4. The molecule has 5 heterocycles. The van der Waals surface area contributed by atoms with E-state index in [1.165, 1.54) is 40.0 Å². The Balaban J connectivity index is 0.000000746. The maximum atomic E-state index is 15.1. The number of anilines is 2. The summed E-state index contributed by atoms with van der Waals surface area (Å²) in [4.78, 5) is 34.8. The molecule has 5 fully saturated rings. The van der Waals surface area contributed by atoms with E-state index < -0.39 is 0 Å². The highest BCUT2D eigenvalue weighted by atomic mass is 19.1. The molecule has 0 N–H and O–H groups in total. The lowest BCUT2D eigenvalue weighted by molar-refractivity contribution is -0.139. The number of terminal acetylenes is 1. The van der Waals surface area contributed by atoms with Gasteiger partial charge in [-0.1, -0.05) is 158 Å². The summed E-state index contributed by atoms with van der Waals surface area (Å²) < 4.78 is 21.9. The number of nitrogens with zero attached hydrogens (tertiary/aromatic N) is 5. The lowest BCUT2D eigenvalue weighted by Crippen LogP contribution is -2.61. The van der Waals surface area contributed by atoms with Gasteiger partial charge in [-0.15, -0.1) is 13.0 Å². The van der Waals surface area contributed by atoms with Crippen molar-refractivity contribution in [3.63, 3.8) is 0 Å². The van der Waals surface area contributed by atoms with E-state index in [9.17, 15) is 9.59 Å². The highest BCUT2D eigenvalue weighted by Crippen LogP contribution is 2.48. The predicted octanol–water partition coefficient (Wildman–Crippen LogP) is 18.9. The van der Waals surface area contributed by atoms with Crippen LogP contribution in [0.5, 0.6) is 5.75 Å². The number of halogens is 1. The van der Waals surface area contributed by atoms with Crippen molar-refractivity contribution in [1.82, 2.24) is 14.7 Å². The lowest BCUT2D eigenvalue weighted by Gasteiger charge is -2.54. The van der Waals surface area contributed by atoms with Gasteiger partial charge in [0.05, 0.1) is 11.3 Å². The van der Waals surface area contributed by atoms with E-state index in [4.69, 9.17) is 11.2 Å². The molecule has 478 valence electrons. The molecule has 4 aromatic carbocycles. The first kappa shape index (κ1) is 76.2. The van der Waals surface area contributed by atoms with Gasteiger partial charge in [-0.25, -0.2) is 4.39 Å². The largest absolute Gasteiger partial charge is 0.490 e. The number of hydrogen-bond acceptors (Lipinski definition) is 6. The number of allylic oxidation sites excluding steroid dienone is 4. The average molecular weight is 1190 g/mol. The Bertz CT molecular complexity index is 3010. The van der Waals surface area contributed by atoms with Crippen LogP contribution in [0, 0.1) is 49.8 Å². The molecule has 0 radical (unpaired) electrons. The number of amides is 2. The minimum Gasteiger partial charge on any atom is -0.490 e. The molecule has 9 heteroatoms. The fourth-order valence-corrected chi connectivity index (χ4v) is 12.5. The fraction of sp³-hybridized carbons (Fsp3) is 0.487. The van der Waals surface area contributed by atoms with E-state index in [0.717, 1.165) is 178 Å². The van der Waals surface area contributed by atoms with Crippen molar-refractivity contribution >= 4 is 28.8 Å². The number of aryl methyl sites for hydroxylation is 3. The van der Waals surface area contributed by atoms with Gasteiger partial charge in [-0.2, -0.15) is 0 Å². The predicted molar refractivity (Wildman–Crippen MR) is 380 cm³/mol.